The van der Waals surface area contributed by atoms with Crippen molar-refractivity contribution in [2.75, 3.05) is 24.5 Å². The van der Waals surface area contributed by atoms with Gasteiger partial charge in [-0.3, -0.25) is 0 Å². The van der Waals surface area contributed by atoms with Crippen LogP contribution in [0.5, 0.6) is 5.75 Å². The first-order chi connectivity index (χ1) is 14.9. The highest BCUT2D eigenvalue weighted by Crippen LogP contribution is 2.36. The Balaban J connectivity index is 1.68. The first-order valence-electron chi connectivity index (χ1n) is 9.79. The van der Waals surface area contributed by atoms with Gasteiger partial charge in [-0.1, -0.05) is 37.3 Å². The summed E-state index contributed by atoms with van der Waals surface area (Å²) < 4.78 is 49.2. The van der Waals surface area contributed by atoms with Crippen molar-refractivity contribution < 1.29 is 22.3 Å². The first kappa shape index (κ1) is 20.9. The van der Waals surface area contributed by atoms with Crippen LogP contribution in [0, 0.1) is 5.82 Å². The zero-order chi connectivity index (χ0) is 22.0. The molecule has 0 N–H and O–H groups in total. The molecule has 0 unspecified atom stereocenters. The van der Waals surface area contributed by atoms with E-state index in [0.29, 0.717) is 17.2 Å². The predicted octanol–water partition coefficient (Wildman–Crippen LogP) is 5.09. The molecule has 0 bridgehead atoms. The minimum absolute atomic E-state index is 0.0204. The van der Waals surface area contributed by atoms with Gasteiger partial charge in [-0.05, 0) is 47.5 Å². The maximum absolute atomic E-state index is 13.2. The van der Waals surface area contributed by atoms with Gasteiger partial charge in [-0.2, -0.15) is 0 Å². The Morgan fingerprint density at radius 3 is 2.45 bits per heavy atom. The molecule has 0 saturated heterocycles. The number of halogens is 1. The molecule has 0 fully saturated rings. The van der Waals surface area contributed by atoms with Crippen LogP contribution in [0.15, 0.2) is 77.8 Å². The molecule has 160 valence electrons. The summed E-state index contributed by atoms with van der Waals surface area (Å²) >= 11 is 0. The van der Waals surface area contributed by atoms with Crippen molar-refractivity contribution in [2.45, 2.75) is 11.8 Å². The van der Waals surface area contributed by atoms with E-state index in [1.807, 2.05) is 35.4 Å². The van der Waals surface area contributed by atoms with Crippen molar-refractivity contribution in [2.24, 2.45) is 0 Å². The lowest BCUT2D eigenvalue weighted by Gasteiger charge is -2.18. The molecule has 5 nitrogen and oxygen atoms in total. The van der Waals surface area contributed by atoms with Gasteiger partial charge in [0, 0.05) is 5.56 Å². The highest BCUT2D eigenvalue weighted by atomic mass is 32.2. The summed E-state index contributed by atoms with van der Waals surface area (Å²) in [6.45, 7) is 1.84. The molecule has 0 saturated carbocycles. The molecule has 31 heavy (non-hydrogen) atoms. The summed E-state index contributed by atoms with van der Waals surface area (Å²) in [5, 5.41) is 0. The van der Waals surface area contributed by atoms with E-state index in [9.17, 15) is 12.8 Å². The number of anilines is 1. The van der Waals surface area contributed by atoms with E-state index < -0.39 is 9.84 Å². The number of rotatable bonds is 6. The highest BCUT2D eigenvalue weighted by Gasteiger charge is 2.22. The molecular formula is C24H22FNO4S. The van der Waals surface area contributed by atoms with Gasteiger partial charge in [0.25, 0.3) is 0 Å². The molecule has 1 heterocycles. The SMILES string of the molecule is CCS(=O)(=O)c1ccc(OC)c(N2C=C(c3cccc(-c4ccc(F)cc4)c3)OC2)c1. The Kier molecular flexibility index (Phi) is 5.69. The fourth-order valence-electron chi connectivity index (χ4n) is 3.40. The van der Waals surface area contributed by atoms with E-state index in [0.717, 1.165) is 16.7 Å². The van der Waals surface area contributed by atoms with Crippen molar-refractivity contribution in [3.05, 3.63) is 84.3 Å². The van der Waals surface area contributed by atoms with Crippen LogP contribution in [0.25, 0.3) is 16.9 Å². The van der Waals surface area contributed by atoms with E-state index >= 15 is 0 Å². The minimum Gasteiger partial charge on any atom is -0.495 e. The Bertz CT molecular complexity index is 1240. The summed E-state index contributed by atoms with van der Waals surface area (Å²) in [6, 6.07) is 18.9. The van der Waals surface area contributed by atoms with Gasteiger partial charge in [0.1, 0.15) is 17.3 Å². The van der Waals surface area contributed by atoms with Crippen molar-refractivity contribution in [3.8, 4) is 16.9 Å². The summed E-state index contributed by atoms with van der Waals surface area (Å²) in [5.74, 6) is 0.941. The second kappa shape index (κ2) is 8.43. The van der Waals surface area contributed by atoms with E-state index in [2.05, 4.69) is 0 Å². The molecule has 4 rings (SSSR count). The Morgan fingerprint density at radius 2 is 1.74 bits per heavy atom. The van der Waals surface area contributed by atoms with Gasteiger partial charge >= 0.3 is 0 Å². The van der Waals surface area contributed by atoms with Crippen LogP contribution in [-0.2, 0) is 14.6 Å². The number of ether oxygens (including phenoxy) is 2. The lowest BCUT2D eigenvalue weighted by Crippen LogP contribution is -2.15. The quantitative estimate of drug-likeness (QED) is 0.536. The number of hydrogen-bond donors (Lipinski definition) is 0. The van der Waals surface area contributed by atoms with Gasteiger partial charge in [0.05, 0.1) is 29.6 Å². The summed E-state index contributed by atoms with van der Waals surface area (Å²) in [4.78, 5) is 2.05. The molecule has 1 aliphatic heterocycles. The number of nitrogens with zero attached hydrogens (tertiary/aromatic N) is 1. The number of benzene rings is 3. The van der Waals surface area contributed by atoms with Crippen LogP contribution in [-0.4, -0.2) is 28.0 Å². The van der Waals surface area contributed by atoms with Gasteiger partial charge in [0.2, 0.25) is 0 Å². The van der Waals surface area contributed by atoms with E-state index in [-0.39, 0.29) is 23.2 Å². The van der Waals surface area contributed by atoms with E-state index in [1.54, 1.807) is 44.4 Å². The fraction of sp³-hybridized carbons (Fsp3) is 0.167. The van der Waals surface area contributed by atoms with Crippen LogP contribution in [0.1, 0.15) is 12.5 Å². The standard InChI is InChI=1S/C24H22FNO4S/c1-3-31(27,28)21-11-12-23(29-2)22(14-21)26-15-24(30-16-26)19-6-4-5-18(13-19)17-7-9-20(25)10-8-17/h4-15H,3,16H2,1-2H3. The molecule has 7 heteroatoms. The Morgan fingerprint density at radius 1 is 1.00 bits per heavy atom. The number of sulfone groups is 1. The number of methoxy groups -OCH3 is 1. The second-order valence-corrected chi connectivity index (χ2v) is 9.34. The number of hydrogen-bond acceptors (Lipinski definition) is 5. The van der Waals surface area contributed by atoms with Crippen molar-refractivity contribution in [1.82, 2.24) is 0 Å². The third-order valence-corrected chi connectivity index (χ3v) is 6.89. The van der Waals surface area contributed by atoms with Crippen LogP contribution in [0.4, 0.5) is 10.1 Å². The lowest BCUT2D eigenvalue weighted by molar-refractivity contribution is 0.306. The molecule has 3 aromatic rings. The zero-order valence-corrected chi connectivity index (χ0v) is 18.0. The molecule has 1 aliphatic rings. The third kappa shape index (κ3) is 4.27. The monoisotopic (exact) mass is 439 g/mol. The average molecular weight is 440 g/mol. The van der Waals surface area contributed by atoms with Crippen molar-refractivity contribution in [3.63, 3.8) is 0 Å². The molecule has 0 atom stereocenters. The van der Waals surface area contributed by atoms with Crippen LogP contribution in [0.2, 0.25) is 0 Å². The molecule has 3 aromatic carbocycles. The first-order valence-corrected chi connectivity index (χ1v) is 11.4. The molecule has 0 radical (unpaired) electrons. The smallest absolute Gasteiger partial charge is 0.178 e. The van der Waals surface area contributed by atoms with Crippen LogP contribution < -0.4 is 9.64 Å². The summed E-state index contributed by atoms with van der Waals surface area (Å²) in [7, 11) is -1.81. The normalized spacial score (nSPS) is 13.6. The van der Waals surface area contributed by atoms with Crippen LogP contribution >= 0.6 is 0 Å². The second-order valence-electron chi connectivity index (χ2n) is 7.06. The topological polar surface area (TPSA) is 55.8 Å². The van der Waals surface area contributed by atoms with E-state index in [4.69, 9.17) is 9.47 Å². The largest absolute Gasteiger partial charge is 0.495 e. The molecule has 0 amide bonds. The van der Waals surface area contributed by atoms with Crippen molar-refractivity contribution in [1.29, 1.82) is 0 Å². The maximum atomic E-state index is 13.2. The Labute approximate surface area is 181 Å². The average Bonchev–Trinajstić information content (AvgIpc) is 3.29. The molecule has 0 spiro atoms. The Hall–Kier alpha value is -3.32. The van der Waals surface area contributed by atoms with Crippen molar-refractivity contribution >= 4 is 21.3 Å². The van der Waals surface area contributed by atoms with Crippen LogP contribution in [0.3, 0.4) is 0 Å². The third-order valence-electron chi connectivity index (χ3n) is 5.16. The molecular weight excluding hydrogens is 417 g/mol. The minimum atomic E-state index is -3.35. The van der Waals surface area contributed by atoms with Gasteiger partial charge in [0.15, 0.2) is 16.6 Å². The molecule has 0 aromatic heterocycles. The van der Waals surface area contributed by atoms with Gasteiger partial charge in [-0.25, -0.2) is 12.8 Å². The summed E-state index contributed by atoms with van der Waals surface area (Å²) in [5.41, 5.74) is 3.31. The molecule has 0 aliphatic carbocycles. The maximum Gasteiger partial charge on any atom is 0.178 e. The van der Waals surface area contributed by atoms with E-state index in [1.165, 1.54) is 12.1 Å². The fourth-order valence-corrected chi connectivity index (χ4v) is 4.30. The predicted molar refractivity (Wildman–Crippen MR) is 119 cm³/mol. The summed E-state index contributed by atoms with van der Waals surface area (Å²) in [6.07, 6.45) is 1.82. The highest BCUT2D eigenvalue weighted by molar-refractivity contribution is 7.91. The lowest BCUT2D eigenvalue weighted by atomic mass is 10.0. The zero-order valence-electron chi connectivity index (χ0n) is 17.2. The van der Waals surface area contributed by atoms with Gasteiger partial charge in [-0.15, -0.1) is 0 Å². The van der Waals surface area contributed by atoms with Gasteiger partial charge < -0.3 is 14.4 Å².